The molecule has 1 aliphatic rings. The van der Waals surface area contributed by atoms with Crippen LogP contribution in [-0.2, 0) is 10.2 Å². The maximum Gasteiger partial charge on any atom is 0.159 e. The SMILES string of the molecule is NCCC1(c2ccc(F)c(F)c2)COC1. The lowest BCUT2D eigenvalue weighted by atomic mass is 9.76. The van der Waals surface area contributed by atoms with Gasteiger partial charge in [-0.05, 0) is 30.7 Å². The highest BCUT2D eigenvalue weighted by Crippen LogP contribution is 2.35. The molecule has 2 nitrogen and oxygen atoms in total. The lowest BCUT2D eigenvalue weighted by Gasteiger charge is -2.42. The summed E-state index contributed by atoms with van der Waals surface area (Å²) in [6.07, 6.45) is 0.734. The highest BCUT2D eigenvalue weighted by atomic mass is 19.2. The number of hydrogen-bond acceptors (Lipinski definition) is 2. The zero-order valence-corrected chi connectivity index (χ0v) is 8.30. The smallest absolute Gasteiger partial charge is 0.159 e. The van der Waals surface area contributed by atoms with Gasteiger partial charge in [-0.1, -0.05) is 6.07 Å². The molecule has 0 unspecified atom stereocenters. The molecule has 0 amide bonds. The van der Waals surface area contributed by atoms with Gasteiger partial charge in [-0.3, -0.25) is 0 Å². The Balaban J connectivity index is 2.30. The number of rotatable bonds is 3. The van der Waals surface area contributed by atoms with Crippen molar-refractivity contribution in [2.45, 2.75) is 11.8 Å². The molecule has 1 saturated heterocycles. The fourth-order valence-corrected chi connectivity index (χ4v) is 1.91. The van der Waals surface area contributed by atoms with Crippen molar-refractivity contribution in [3.8, 4) is 0 Å². The molecule has 15 heavy (non-hydrogen) atoms. The average molecular weight is 213 g/mol. The van der Waals surface area contributed by atoms with Crippen LogP contribution in [0, 0.1) is 11.6 Å². The van der Waals surface area contributed by atoms with Crippen LogP contribution >= 0.6 is 0 Å². The van der Waals surface area contributed by atoms with E-state index in [0.29, 0.717) is 19.8 Å². The topological polar surface area (TPSA) is 35.2 Å². The first kappa shape index (κ1) is 10.5. The Morgan fingerprint density at radius 3 is 2.47 bits per heavy atom. The zero-order valence-electron chi connectivity index (χ0n) is 8.30. The van der Waals surface area contributed by atoms with E-state index in [2.05, 4.69) is 0 Å². The van der Waals surface area contributed by atoms with Crippen LogP contribution in [0.4, 0.5) is 8.78 Å². The number of nitrogens with two attached hydrogens (primary N) is 1. The molecule has 2 N–H and O–H groups in total. The van der Waals surface area contributed by atoms with Gasteiger partial charge in [0.15, 0.2) is 11.6 Å². The summed E-state index contributed by atoms with van der Waals surface area (Å²) >= 11 is 0. The molecule has 1 fully saturated rings. The van der Waals surface area contributed by atoms with Crippen molar-refractivity contribution in [2.75, 3.05) is 19.8 Å². The van der Waals surface area contributed by atoms with E-state index in [1.807, 2.05) is 0 Å². The number of benzene rings is 1. The van der Waals surface area contributed by atoms with Crippen LogP contribution in [0.5, 0.6) is 0 Å². The zero-order chi connectivity index (χ0) is 10.9. The van der Waals surface area contributed by atoms with Gasteiger partial charge in [0.2, 0.25) is 0 Å². The molecule has 82 valence electrons. The summed E-state index contributed by atoms with van der Waals surface area (Å²) in [5.74, 6) is -1.63. The van der Waals surface area contributed by atoms with Gasteiger partial charge in [0.1, 0.15) is 0 Å². The van der Waals surface area contributed by atoms with E-state index in [1.165, 1.54) is 6.07 Å². The summed E-state index contributed by atoms with van der Waals surface area (Å²) in [6.45, 7) is 1.59. The molecule has 0 atom stereocenters. The third-order valence-corrected chi connectivity index (χ3v) is 2.91. The normalized spacial score (nSPS) is 18.6. The van der Waals surface area contributed by atoms with Crippen LogP contribution in [0.15, 0.2) is 18.2 Å². The van der Waals surface area contributed by atoms with E-state index >= 15 is 0 Å². The number of halogens is 2. The second-order valence-electron chi connectivity index (χ2n) is 3.94. The molecule has 1 aromatic carbocycles. The summed E-state index contributed by atoms with van der Waals surface area (Å²) in [6, 6.07) is 4.01. The summed E-state index contributed by atoms with van der Waals surface area (Å²) < 4.78 is 31.0. The first-order valence-electron chi connectivity index (χ1n) is 4.91. The minimum absolute atomic E-state index is 0.205. The van der Waals surface area contributed by atoms with Crippen molar-refractivity contribution < 1.29 is 13.5 Å². The van der Waals surface area contributed by atoms with Crippen LogP contribution < -0.4 is 5.73 Å². The Morgan fingerprint density at radius 1 is 1.27 bits per heavy atom. The van der Waals surface area contributed by atoms with E-state index in [9.17, 15) is 8.78 Å². The van der Waals surface area contributed by atoms with Gasteiger partial charge in [0.25, 0.3) is 0 Å². The number of hydrogen-bond donors (Lipinski definition) is 1. The lowest BCUT2D eigenvalue weighted by molar-refractivity contribution is -0.0632. The maximum absolute atomic E-state index is 13.1. The fourth-order valence-electron chi connectivity index (χ4n) is 1.91. The van der Waals surface area contributed by atoms with Gasteiger partial charge < -0.3 is 10.5 Å². The van der Waals surface area contributed by atoms with Crippen molar-refractivity contribution in [1.82, 2.24) is 0 Å². The molecule has 0 aromatic heterocycles. The molecule has 0 saturated carbocycles. The molecule has 0 radical (unpaired) electrons. The van der Waals surface area contributed by atoms with Gasteiger partial charge in [0, 0.05) is 5.41 Å². The number of ether oxygens (including phenoxy) is 1. The molecule has 0 spiro atoms. The third-order valence-electron chi connectivity index (χ3n) is 2.91. The second kappa shape index (κ2) is 3.87. The summed E-state index contributed by atoms with van der Waals surface area (Å²) in [5, 5.41) is 0. The van der Waals surface area contributed by atoms with E-state index in [4.69, 9.17) is 10.5 Å². The van der Waals surface area contributed by atoms with Crippen LogP contribution in [0.2, 0.25) is 0 Å². The van der Waals surface area contributed by atoms with Crippen LogP contribution in [-0.4, -0.2) is 19.8 Å². The minimum atomic E-state index is -0.818. The molecular weight excluding hydrogens is 200 g/mol. The molecule has 1 aromatic rings. The molecule has 2 rings (SSSR count). The maximum atomic E-state index is 13.1. The van der Waals surface area contributed by atoms with Crippen LogP contribution in [0.1, 0.15) is 12.0 Å². The Labute approximate surface area is 87.0 Å². The molecule has 0 bridgehead atoms. The average Bonchev–Trinajstić information content (AvgIpc) is 2.16. The van der Waals surface area contributed by atoms with Crippen molar-refractivity contribution >= 4 is 0 Å². The predicted octanol–water partition coefficient (Wildman–Crippen LogP) is 1.58. The van der Waals surface area contributed by atoms with Gasteiger partial charge >= 0.3 is 0 Å². The van der Waals surface area contributed by atoms with Gasteiger partial charge in [0.05, 0.1) is 13.2 Å². The highest BCUT2D eigenvalue weighted by molar-refractivity contribution is 5.29. The Kier molecular flexibility index (Phi) is 2.71. The minimum Gasteiger partial charge on any atom is -0.379 e. The Hall–Kier alpha value is -1.00. The van der Waals surface area contributed by atoms with E-state index < -0.39 is 11.6 Å². The predicted molar refractivity (Wildman–Crippen MR) is 52.5 cm³/mol. The monoisotopic (exact) mass is 213 g/mol. The van der Waals surface area contributed by atoms with Crippen LogP contribution in [0.3, 0.4) is 0 Å². The second-order valence-corrected chi connectivity index (χ2v) is 3.94. The lowest BCUT2D eigenvalue weighted by Crippen LogP contribution is -2.48. The summed E-state index contributed by atoms with van der Waals surface area (Å²) in [7, 11) is 0. The van der Waals surface area contributed by atoms with Crippen LogP contribution in [0.25, 0.3) is 0 Å². The Bertz CT molecular complexity index is 364. The van der Waals surface area contributed by atoms with E-state index in [-0.39, 0.29) is 5.41 Å². The Morgan fingerprint density at radius 2 is 2.00 bits per heavy atom. The van der Waals surface area contributed by atoms with E-state index in [1.54, 1.807) is 6.07 Å². The third kappa shape index (κ3) is 1.75. The quantitative estimate of drug-likeness (QED) is 0.827. The highest BCUT2D eigenvalue weighted by Gasteiger charge is 2.39. The van der Waals surface area contributed by atoms with Crippen molar-refractivity contribution in [3.05, 3.63) is 35.4 Å². The van der Waals surface area contributed by atoms with Crippen molar-refractivity contribution in [2.24, 2.45) is 5.73 Å². The molecule has 4 heteroatoms. The largest absolute Gasteiger partial charge is 0.379 e. The van der Waals surface area contributed by atoms with Gasteiger partial charge in [-0.2, -0.15) is 0 Å². The van der Waals surface area contributed by atoms with Crippen molar-refractivity contribution in [1.29, 1.82) is 0 Å². The summed E-state index contributed by atoms with van der Waals surface area (Å²) in [5.41, 5.74) is 6.08. The molecule has 1 heterocycles. The van der Waals surface area contributed by atoms with E-state index in [0.717, 1.165) is 18.1 Å². The van der Waals surface area contributed by atoms with Gasteiger partial charge in [-0.25, -0.2) is 8.78 Å². The van der Waals surface area contributed by atoms with Crippen molar-refractivity contribution in [3.63, 3.8) is 0 Å². The first-order valence-corrected chi connectivity index (χ1v) is 4.91. The fraction of sp³-hybridized carbons (Fsp3) is 0.455. The summed E-state index contributed by atoms with van der Waals surface area (Å²) in [4.78, 5) is 0. The molecule has 0 aliphatic carbocycles. The molecular formula is C11H13F2NO. The first-order chi connectivity index (χ1) is 7.18. The molecule has 1 aliphatic heterocycles. The standard InChI is InChI=1S/C11H13F2NO/c12-9-2-1-8(5-10(9)13)11(3-4-14)6-15-7-11/h1-2,5H,3-4,6-7,14H2. The van der Waals surface area contributed by atoms with Gasteiger partial charge in [-0.15, -0.1) is 0 Å².